The zero-order valence-electron chi connectivity index (χ0n) is 13.5. The van der Waals surface area contributed by atoms with Crippen LogP contribution >= 0.6 is 11.8 Å². The average Bonchev–Trinajstić information content (AvgIpc) is 3.01. The number of hydrogen-bond donors (Lipinski definition) is 0. The molecule has 3 atom stereocenters. The van der Waals surface area contributed by atoms with Crippen molar-refractivity contribution in [3.05, 3.63) is 0 Å². The van der Waals surface area contributed by atoms with Crippen LogP contribution in [0.2, 0.25) is 0 Å². The molecule has 0 aromatic rings. The van der Waals surface area contributed by atoms with Crippen molar-refractivity contribution in [1.82, 2.24) is 9.80 Å². The van der Waals surface area contributed by atoms with Gasteiger partial charge in [-0.15, -0.1) is 11.8 Å². The molecule has 0 radical (unpaired) electrons. The lowest BCUT2D eigenvalue weighted by Gasteiger charge is -2.37. The van der Waals surface area contributed by atoms with Crippen molar-refractivity contribution in [2.45, 2.75) is 50.4 Å². The first-order chi connectivity index (χ1) is 10.5. The van der Waals surface area contributed by atoms with Crippen LogP contribution in [0.25, 0.3) is 0 Å². The van der Waals surface area contributed by atoms with Crippen molar-refractivity contribution in [2.24, 2.45) is 5.92 Å². The van der Waals surface area contributed by atoms with Crippen molar-refractivity contribution in [3.63, 3.8) is 0 Å². The Kier molecular flexibility index (Phi) is 4.69. The summed E-state index contributed by atoms with van der Waals surface area (Å²) < 4.78 is 5.52. The second-order valence-electron chi connectivity index (χ2n) is 6.72. The molecule has 6 heteroatoms. The van der Waals surface area contributed by atoms with Gasteiger partial charge in [0.05, 0.1) is 11.5 Å². The Morgan fingerprint density at radius 3 is 3.09 bits per heavy atom. The second-order valence-corrected chi connectivity index (χ2v) is 8.22. The fourth-order valence-corrected chi connectivity index (χ4v) is 5.32. The van der Waals surface area contributed by atoms with E-state index in [1.807, 2.05) is 16.7 Å². The van der Waals surface area contributed by atoms with Gasteiger partial charge in [-0.25, -0.2) is 0 Å². The van der Waals surface area contributed by atoms with Gasteiger partial charge in [0.2, 0.25) is 11.8 Å². The van der Waals surface area contributed by atoms with Gasteiger partial charge in [0, 0.05) is 31.9 Å². The van der Waals surface area contributed by atoms with Crippen molar-refractivity contribution >= 4 is 23.6 Å². The Hall–Kier alpha value is -0.750. The van der Waals surface area contributed by atoms with Gasteiger partial charge < -0.3 is 14.5 Å². The zero-order valence-corrected chi connectivity index (χ0v) is 14.4. The Labute approximate surface area is 136 Å². The van der Waals surface area contributed by atoms with Gasteiger partial charge in [-0.05, 0) is 39.0 Å². The largest absolute Gasteiger partial charge is 0.381 e. The predicted octanol–water partition coefficient (Wildman–Crippen LogP) is 1.72. The second kappa shape index (κ2) is 6.40. The molecule has 3 rings (SSSR count). The summed E-state index contributed by atoms with van der Waals surface area (Å²) in [4.78, 5) is 28.8. The van der Waals surface area contributed by atoms with Crippen molar-refractivity contribution < 1.29 is 14.3 Å². The molecule has 3 fully saturated rings. The number of piperidine rings is 1. The van der Waals surface area contributed by atoms with Crippen LogP contribution in [-0.2, 0) is 14.3 Å². The highest BCUT2D eigenvalue weighted by molar-refractivity contribution is 8.01. The minimum atomic E-state index is -0.254. The lowest BCUT2D eigenvalue weighted by Crippen LogP contribution is -2.53. The zero-order chi connectivity index (χ0) is 15.7. The quantitative estimate of drug-likeness (QED) is 0.789. The highest BCUT2D eigenvalue weighted by Crippen LogP contribution is 2.47. The molecule has 3 saturated heterocycles. The summed E-state index contributed by atoms with van der Waals surface area (Å²) in [5.74, 6) is 1.47. The molecule has 0 saturated carbocycles. The first-order valence-electron chi connectivity index (χ1n) is 8.38. The molecule has 0 aromatic carbocycles. The number of likely N-dealkylation sites (tertiary alicyclic amines) is 1. The molecule has 0 N–H and O–H groups in total. The summed E-state index contributed by atoms with van der Waals surface area (Å²) in [6.45, 7) is 7.16. The SMILES string of the molecule is CCOC[C@H]1CCCN(C(=O)[C@@H]2CS[C@@]3(C)CCC(=O)N23)C1. The predicted molar refractivity (Wildman–Crippen MR) is 86.5 cm³/mol. The summed E-state index contributed by atoms with van der Waals surface area (Å²) in [5.41, 5.74) is 0. The number of amides is 2. The van der Waals surface area contributed by atoms with E-state index in [4.69, 9.17) is 4.74 Å². The number of carbonyl (C=O) groups excluding carboxylic acids is 2. The highest BCUT2D eigenvalue weighted by Gasteiger charge is 2.53. The summed E-state index contributed by atoms with van der Waals surface area (Å²) in [6, 6.07) is -0.254. The van der Waals surface area contributed by atoms with E-state index in [0.717, 1.165) is 51.3 Å². The maximum atomic E-state index is 12.9. The molecule has 5 nitrogen and oxygen atoms in total. The first-order valence-corrected chi connectivity index (χ1v) is 9.36. The van der Waals surface area contributed by atoms with E-state index in [-0.39, 0.29) is 22.7 Å². The van der Waals surface area contributed by atoms with Crippen LogP contribution in [0.15, 0.2) is 0 Å². The van der Waals surface area contributed by atoms with Crippen LogP contribution in [-0.4, -0.2) is 64.6 Å². The Bertz CT molecular complexity index is 459. The van der Waals surface area contributed by atoms with E-state index in [1.165, 1.54) is 0 Å². The first kappa shape index (κ1) is 16.1. The van der Waals surface area contributed by atoms with Gasteiger partial charge in [-0.1, -0.05) is 0 Å². The van der Waals surface area contributed by atoms with Crippen LogP contribution in [0.5, 0.6) is 0 Å². The molecule has 0 aromatic heterocycles. The van der Waals surface area contributed by atoms with Gasteiger partial charge in [0.25, 0.3) is 0 Å². The number of thioether (sulfide) groups is 1. The molecule has 3 aliphatic rings. The molecule has 3 heterocycles. The maximum Gasteiger partial charge on any atom is 0.246 e. The molecule has 0 aliphatic carbocycles. The number of hydrogen-bond acceptors (Lipinski definition) is 4. The average molecular weight is 326 g/mol. The van der Waals surface area contributed by atoms with Crippen LogP contribution in [0.1, 0.15) is 39.5 Å². The third-order valence-corrected chi connectivity index (χ3v) is 6.62. The van der Waals surface area contributed by atoms with Crippen LogP contribution in [0.4, 0.5) is 0 Å². The lowest BCUT2D eigenvalue weighted by molar-refractivity contribution is -0.145. The van der Waals surface area contributed by atoms with Gasteiger partial charge in [0.1, 0.15) is 6.04 Å². The van der Waals surface area contributed by atoms with Gasteiger partial charge in [-0.2, -0.15) is 0 Å². The number of carbonyl (C=O) groups is 2. The van der Waals surface area contributed by atoms with Crippen molar-refractivity contribution in [3.8, 4) is 0 Å². The molecule has 22 heavy (non-hydrogen) atoms. The molecular formula is C16H26N2O3S. The molecule has 124 valence electrons. The van der Waals surface area contributed by atoms with Gasteiger partial charge in [-0.3, -0.25) is 9.59 Å². The Morgan fingerprint density at radius 1 is 1.50 bits per heavy atom. The van der Waals surface area contributed by atoms with E-state index >= 15 is 0 Å². The van der Waals surface area contributed by atoms with E-state index in [9.17, 15) is 9.59 Å². The number of nitrogens with zero attached hydrogens (tertiary/aromatic N) is 2. The highest BCUT2D eigenvalue weighted by atomic mass is 32.2. The fourth-order valence-electron chi connectivity index (χ4n) is 3.90. The standard InChI is InChI=1S/C16H26N2O3S/c1-3-21-10-12-5-4-8-17(9-12)15(20)13-11-22-16(2)7-6-14(19)18(13)16/h12-13H,3-11H2,1-2H3/t12-,13-,16-/m0/s1. The molecular weight excluding hydrogens is 300 g/mol. The normalized spacial score (nSPS) is 35.1. The number of fused-ring (bicyclic) bond motifs is 1. The molecule has 0 bridgehead atoms. The molecule has 0 unspecified atom stereocenters. The summed E-state index contributed by atoms with van der Waals surface area (Å²) >= 11 is 1.77. The van der Waals surface area contributed by atoms with Crippen LogP contribution in [0.3, 0.4) is 0 Å². The van der Waals surface area contributed by atoms with Crippen LogP contribution in [0, 0.1) is 5.92 Å². The van der Waals surface area contributed by atoms with Crippen LogP contribution < -0.4 is 0 Å². The summed E-state index contributed by atoms with van der Waals surface area (Å²) in [7, 11) is 0. The van der Waals surface area contributed by atoms with Crippen molar-refractivity contribution in [1.29, 1.82) is 0 Å². The van der Waals surface area contributed by atoms with E-state index in [0.29, 0.717) is 12.3 Å². The molecule has 0 spiro atoms. The lowest BCUT2D eigenvalue weighted by atomic mass is 9.98. The smallest absolute Gasteiger partial charge is 0.246 e. The topological polar surface area (TPSA) is 49.9 Å². The maximum absolute atomic E-state index is 12.9. The summed E-state index contributed by atoms with van der Waals surface area (Å²) in [5, 5.41) is 0. The van der Waals surface area contributed by atoms with Gasteiger partial charge in [0.15, 0.2) is 0 Å². The Morgan fingerprint density at radius 2 is 2.32 bits per heavy atom. The monoisotopic (exact) mass is 326 g/mol. The summed E-state index contributed by atoms with van der Waals surface area (Å²) in [6.07, 6.45) is 3.62. The van der Waals surface area contributed by atoms with Gasteiger partial charge >= 0.3 is 0 Å². The van der Waals surface area contributed by atoms with E-state index < -0.39 is 0 Å². The van der Waals surface area contributed by atoms with E-state index in [2.05, 4.69) is 6.92 Å². The third kappa shape index (κ3) is 2.87. The number of rotatable bonds is 4. The minimum Gasteiger partial charge on any atom is -0.381 e. The minimum absolute atomic E-state index is 0.146. The fraction of sp³-hybridized carbons (Fsp3) is 0.875. The third-order valence-electron chi connectivity index (χ3n) is 5.12. The number of ether oxygens (including phenoxy) is 1. The molecule has 3 aliphatic heterocycles. The Balaban J connectivity index is 1.65. The van der Waals surface area contributed by atoms with Crippen molar-refractivity contribution in [2.75, 3.05) is 32.1 Å². The van der Waals surface area contributed by atoms with E-state index in [1.54, 1.807) is 11.8 Å². The molecule has 2 amide bonds.